The first kappa shape index (κ1) is 18.0. The molecule has 1 aliphatic rings. The second kappa shape index (κ2) is 8.12. The molecular formula is C21H21N3O4. The van der Waals surface area contributed by atoms with Crippen molar-refractivity contribution in [1.29, 1.82) is 0 Å². The van der Waals surface area contributed by atoms with E-state index in [0.29, 0.717) is 43.6 Å². The molecule has 1 aromatic heterocycles. The van der Waals surface area contributed by atoms with Crippen LogP contribution in [0.3, 0.4) is 0 Å². The molecule has 0 saturated carbocycles. The Morgan fingerprint density at radius 2 is 1.93 bits per heavy atom. The molecule has 7 nitrogen and oxygen atoms in total. The van der Waals surface area contributed by atoms with Crippen LogP contribution in [0.2, 0.25) is 0 Å². The largest absolute Gasteiger partial charge is 0.486 e. The van der Waals surface area contributed by atoms with E-state index in [1.807, 2.05) is 24.3 Å². The first-order chi connectivity index (χ1) is 13.7. The van der Waals surface area contributed by atoms with Crippen molar-refractivity contribution in [1.82, 2.24) is 14.9 Å². The first-order valence-electron chi connectivity index (χ1n) is 9.30. The van der Waals surface area contributed by atoms with Crippen molar-refractivity contribution in [3.8, 4) is 11.5 Å². The Kier molecular flexibility index (Phi) is 5.23. The van der Waals surface area contributed by atoms with Crippen molar-refractivity contribution in [2.45, 2.75) is 19.4 Å². The minimum Gasteiger partial charge on any atom is -0.486 e. The predicted molar refractivity (Wildman–Crippen MR) is 105 cm³/mol. The smallest absolute Gasteiger partial charge is 0.261 e. The summed E-state index contributed by atoms with van der Waals surface area (Å²) in [4.78, 5) is 28.8. The number of aromatic nitrogens is 2. The van der Waals surface area contributed by atoms with Crippen LogP contribution in [0.15, 0.2) is 53.6 Å². The highest BCUT2D eigenvalue weighted by Gasteiger charge is 2.12. The van der Waals surface area contributed by atoms with E-state index in [4.69, 9.17) is 9.47 Å². The predicted octanol–water partition coefficient (Wildman–Crippen LogP) is 1.92. The standard InChI is InChI=1S/C21H21N3O4/c25-20(8-10-24-14-23-17-4-2-1-3-16(17)21(24)26)22-9-7-15-5-6-18-19(13-15)28-12-11-27-18/h1-6,13-14H,7-12H2,(H,22,25). The van der Waals surface area contributed by atoms with Crippen LogP contribution in [0.25, 0.3) is 10.9 Å². The van der Waals surface area contributed by atoms with Gasteiger partial charge in [0.05, 0.1) is 17.2 Å². The Labute approximate surface area is 161 Å². The van der Waals surface area contributed by atoms with E-state index >= 15 is 0 Å². The normalized spacial score (nSPS) is 12.7. The van der Waals surface area contributed by atoms with E-state index in [2.05, 4.69) is 10.3 Å². The minimum atomic E-state index is -0.130. The van der Waals surface area contributed by atoms with Crippen molar-refractivity contribution in [3.63, 3.8) is 0 Å². The van der Waals surface area contributed by atoms with E-state index in [1.165, 1.54) is 10.9 Å². The van der Waals surface area contributed by atoms with Crippen molar-refractivity contribution < 1.29 is 14.3 Å². The van der Waals surface area contributed by atoms with Gasteiger partial charge >= 0.3 is 0 Å². The Morgan fingerprint density at radius 3 is 2.82 bits per heavy atom. The average molecular weight is 379 g/mol. The van der Waals surface area contributed by atoms with Crippen LogP contribution in [0.1, 0.15) is 12.0 Å². The van der Waals surface area contributed by atoms with Gasteiger partial charge in [-0.1, -0.05) is 18.2 Å². The number of benzene rings is 2. The zero-order chi connectivity index (χ0) is 19.3. The van der Waals surface area contributed by atoms with Crippen LogP contribution >= 0.6 is 0 Å². The molecule has 7 heteroatoms. The van der Waals surface area contributed by atoms with Crippen molar-refractivity contribution in [3.05, 3.63) is 64.7 Å². The molecule has 2 aromatic carbocycles. The van der Waals surface area contributed by atoms with Gasteiger partial charge in [-0.2, -0.15) is 0 Å². The van der Waals surface area contributed by atoms with Crippen molar-refractivity contribution in [2.24, 2.45) is 0 Å². The zero-order valence-electron chi connectivity index (χ0n) is 15.4. The van der Waals surface area contributed by atoms with Crippen LogP contribution in [-0.2, 0) is 17.8 Å². The Hall–Kier alpha value is -3.35. The van der Waals surface area contributed by atoms with Crippen LogP contribution in [-0.4, -0.2) is 35.2 Å². The summed E-state index contributed by atoms with van der Waals surface area (Å²) in [6, 6.07) is 13.0. The molecule has 3 aromatic rings. The average Bonchev–Trinajstić information content (AvgIpc) is 2.73. The van der Waals surface area contributed by atoms with E-state index < -0.39 is 0 Å². The number of hydrogen-bond acceptors (Lipinski definition) is 5. The van der Waals surface area contributed by atoms with Gasteiger partial charge in [0, 0.05) is 19.5 Å². The maximum absolute atomic E-state index is 12.4. The number of amides is 1. The van der Waals surface area contributed by atoms with Crippen LogP contribution in [0.5, 0.6) is 11.5 Å². The van der Waals surface area contributed by atoms with E-state index in [9.17, 15) is 9.59 Å². The second-order valence-electron chi connectivity index (χ2n) is 6.59. The Balaban J connectivity index is 1.28. The molecule has 0 spiro atoms. The molecule has 1 N–H and O–H groups in total. The minimum absolute atomic E-state index is 0.0994. The third-order valence-corrected chi connectivity index (χ3v) is 4.65. The highest BCUT2D eigenvalue weighted by molar-refractivity contribution is 5.77. The summed E-state index contributed by atoms with van der Waals surface area (Å²) in [6.45, 7) is 1.93. The quantitative estimate of drug-likeness (QED) is 0.708. The van der Waals surface area contributed by atoms with Gasteiger partial charge in [0.25, 0.3) is 5.56 Å². The summed E-state index contributed by atoms with van der Waals surface area (Å²) in [5.41, 5.74) is 1.60. The van der Waals surface area contributed by atoms with E-state index in [-0.39, 0.29) is 17.9 Å². The third kappa shape index (κ3) is 3.98. The second-order valence-corrected chi connectivity index (χ2v) is 6.59. The highest BCUT2D eigenvalue weighted by Crippen LogP contribution is 2.30. The van der Waals surface area contributed by atoms with Gasteiger partial charge in [0.15, 0.2) is 11.5 Å². The number of hydrogen-bond donors (Lipinski definition) is 1. The van der Waals surface area contributed by atoms with E-state index in [1.54, 1.807) is 18.2 Å². The summed E-state index contributed by atoms with van der Waals surface area (Å²) in [5.74, 6) is 1.41. The number of para-hydroxylation sites is 1. The summed E-state index contributed by atoms with van der Waals surface area (Å²) < 4.78 is 12.5. The molecule has 0 fully saturated rings. The van der Waals surface area contributed by atoms with Crippen molar-refractivity contribution in [2.75, 3.05) is 19.8 Å². The van der Waals surface area contributed by atoms with Crippen LogP contribution < -0.4 is 20.3 Å². The molecule has 144 valence electrons. The monoisotopic (exact) mass is 379 g/mol. The number of fused-ring (bicyclic) bond motifs is 2. The fraction of sp³-hybridized carbons (Fsp3) is 0.286. The SMILES string of the molecule is O=C(CCn1cnc2ccccc2c1=O)NCCc1ccc2c(c1)OCCO2. The van der Waals surface area contributed by atoms with Gasteiger partial charge in [0.1, 0.15) is 13.2 Å². The third-order valence-electron chi connectivity index (χ3n) is 4.65. The van der Waals surface area contributed by atoms with Gasteiger partial charge < -0.3 is 14.8 Å². The molecular weight excluding hydrogens is 358 g/mol. The molecule has 28 heavy (non-hydrogen) atoms. The van der Waals surface area contributed by atoms with Crippen LogP contribution in [0.4, 0.5) is 0 Å². The summed E-state index contributed by atoms with van der Waals surface area (Å²) in [5, 5.41) is 3.45. The summed E-state index contributed by atoms with van der Waals surface area (Å²) in [7, 11) is 0. The Bertz CT molecular complexity index is 1060. The molecule has 4 rings (SSSR count). The van der Waals surface area contributed by atoms with Gasteiger partial charge in [-0.25, -0.2) is 4.98 Å². The lowest BCUT2D eigenvalue weighted by atomic mass is 10.1. The maximum Gasteiger partial charge on any atom is 0.261 e. The number of nitrogens with one attached hydrogen (secondary N) is 1. The lowest BCUT2D eigenvalue weighted by Gasteiger charge is -2.18. The molecule has 1 aliphatic heterocycles. The molecule has 0 aliphatic carbocycles. The number of carbonyl (C=O) groups excluding carboxylic acids is 1. The molecule has 0 unspecified atom stereocenters. The summed E-state index contributed by atoms with van der Waals surface area (Å²) >= 11 is 0. The topological polar surface area (TPSA) is 82.5 Å². The first-order valence-corrected chi connectivity index (χ1v) is 9.30. The lowest BCUT2D eigenvalue weighted by molar-refractivity contribution is -0.121. The summed E-state index contributed by atoms with van der Waals surface area (Å²) in [6.07, 6.45) is 2.41. The molecule has 0 saturated heterocycles. The van der Waals surface area contributed by atoms with Crippen LogP contribution in [0, 0.1) is 0 Å². The number of carbonyl (C=O) groups is 1. The van der Waals surface area contributed by atoms with Gasteiger partial charge in [-0.05, 0) is 36.2 Å². The van der Waals surface area contributed by atoms with Crippen molar-refractivity contribution >= 4 is 16.8 Å². The number of nitrogens with zero attached hydrogens (tertiary/aromatic N) is 2. The van der Waals surface area contributed by atoms with Gasteiger partial charge in [-0.15, -0.1) is 0 Å². The molecule has 2 heterocycles. The van der Waals surface area contributed by atoms with Gasteiger partial charge in [0.2, 0.25) is 5.91 Å². The lowest BCUT2D eigenvalue weighted by Crippen LogP contribution is -2.29. The fourth-order valence-electron chi connectivity index (χ4n) is 3.17. The molecule has 0 radical (unpaired) electrons. The molecule has 0 bridgehead atoms. The molecule has 1 amide bonds. The number of aryl methyl sites for hydroxylation is 1. The fourth-order valence-corrected chi connectivity index (χ4v) is 3.17. The number of rotatable bonds is 6. The number of ether oxygens (including phenoxy) is 2. The molecule has 0 atom stereocenters. The van der Waals surface area contributed by atoms with E-state index in [0.717, 1.165) is 17.1 Å². The maximum atomic E-state index is 12.4. The Morgan fingerprint density at radius 1 is 1.11 bits per heavy atom. The zero-order valence-corrected chi connectivity index (χ0v) is 15.4. The van der Waals surface area contributed by atoms with Gasteiger partial charge in [-0.3, -0.25) is 14.2 Å². The highest BCUT2D eigenvalue weighted by atomic mass is 16.6.